The lowest BCUT2D eigenvalue weighted by atomic mass is 10.3. The molecule has 1 aromatic rings. The number of hydrogen-bond acceptors (Lipinski definition) is 6. The topological polar surface area (TPSA) is 105 Å². The largest absolute Gasteiger partial charge is 0.454 e. The van der Waals surface area contributed by atoms with Crippen LogP contribution in [0.2, 0.25) is 0 Å². The Morgan fingerprint density at radius 3 is 2.39 bits per heavy atom. The van der Waals surface area contributed by atoms with E-state index in [1.165, 1.54) is 14.1 Å². The van der Waals surface area contributed by atoms with Gasteiger partial charge in [-0.15, -0.1) is 0 Å². The molecule has 0 atom stereocenters. The van der Waals surface area contributed by atoms with E-state index in [0.717, 1.165) is 14.9 Å². The van der Waals surface area contributed by atoms with Gasteiger partial charge >= 0.3 is 0 Å². The molecule has 11 heteroatoms. The third-order valence-corrected chi connectivity index (χ3v) is 5.85. The zero-order chi connectivity index (χ0) is 17.3. The number of ether oxygens (including phenoxy) is 2. The average Bonchev–Trinajstić information content (AvgIpc) is 2.89. The highest BCUT2D eigenvalue weighted by molar-refractivity contribution is 7.92. The molecule has 0 amide bonds. The van der Waals surface area contributed by atoms with Gasteiger partial charge in [-0.3, -0.25) is 4.31 Å². The van der Waals surface area contributed by atoms with Gasteiger partial charge in [-0.2, -0.15) is 12.7 Å². The van der Waals surface area contributed by atoms with E-state index >= 15 is 0 Å². The van der Waals surface area contributed by atoms with Gasteiger partial charge in [0.25, 0.3) is 10.2 Å². The first kappa shape index (κ1) is 17.8. The van der Waals surface area contributed by atoms with Gasteiger partial charge in [-0.25, -0.2) is 13.1 Å². The minimum Gasteiger partial charge on any atom is -0.454 e. The van der Waals surface area contributed by atoms with Crippen LogP contribution in [0.15, 0.2) is 18.2 Å². The molecule has 0 radical (unpaired) electrons. The summed E-state index contributed by atoms with van der Waals surface area (Å²) >= 11 is 0. The minimum atomic E-state index is -3.61. The van der Waals surface area contributed by atoms with E-state index in [4.69, 9.17) is 9.47 Å². The van der Waals surface area contributed by atoms with Gasteiger partial charge < -0.3 is 9.47 Å². The maximum absolute atomic E-state index is 12.0. The van der Waals surface area contributed by atoms with Gasteiger partial charge in [0, 0.05) is 33.3 Å². The first-order valence-corrected chi connectivity index (χ1v) is 9.94. The Labute approximate surface area is 136 Å². The number of sulfonamides is 1. The highest BCUT2D eigenvalue weighted by Gasteiger charge is 2.22. The van der Waals surface area contributed by atoms with Crippen LogP contribution in [0.25, 0.3) is 0 Å². The molecule has 0 unspecified atom stereocenters. The monoisotopic (exact) mass is 365 g/mol. The molecule has 0 aliphatic carbocycles. The van der Waals surface area contributed by atoms with Crippen molar-refractivity contribution in [2.24, 2.45) is 0 Å². The number of anilines is 1. The van der Waals surface area contributed by atoms with Gasteiger partial charge in [0.05, 0.1) is 11.9 Å². The van der Waals surface area contributed by atoms with Crippen LogP contribution in [0.1, 0.15) is 0 Å². The van der Waals surface area contributed by atoms with E-state index in [1.54, 1.807) is 18.2 Å². The van der Waals surface area contributed by atoms with Crippen LogP contribution < -0.4 is 18.5 Å². The zero-order valence-corrected chi connectivity index (χ0v) is 14.6. The second-order valence-corrected chi connectivity index (χ2v) is 8.93. The fraction of sp³-hybridized carbons (Fsp3) is 0.500. The van der Waals surface area contributed by atoms with E-state index in [-0.39, 0.29) is 19.9 Å². The predicted octanol–water partition coefficient (Wildman–Crippen LogP) is -0.423. The van der Waals surface area contributed by atoms with Crippen molar-refractivity contribution in [2.45, 2.75) is 0 Å². The molecular weight excluding hydrogens is 346 g/mol. The number of fused-ring (bicyclic) bond motifs is 1. The third kappa shape index (κ3) is 4.25. The Morgan fingerprint density at radius 1 is 1.13 bits per heavy atom. The Bertz CT molecular complexity index is 776. The lowest BCUT2D eigenvalue weighted by Gasteiger charge is -2.23. The molecule has 1 N–H and O–H groups in total. The van der Waals surface area contributed by atoms with Crippen LogP contribution in [0, 0.1) is 0 Å². The highest BCUT2D eigenvalue weighted by Crippen LogP contribution is 2.35. The summed E-state index contributed by atoms with van der Waals surface area (Å²) in [5, 5.41) is 0. The molecule has 23 heavy (non-hydrogen) atoms. The van der Waals surface area contributed by atoms with Gasteiger partial charge in [0.1, 0.15) is 0 Å². The third-order valence-electron chi connectivity index (χ3n) is 3.12. The normalized spacial score (nSPS) is 14.3. The Hall–Kier alpha value is -1.56. The Kier molecular flexibility index (Phi) is 5.04. The van der Waals surface area contributed by atoms with E-state index in [1.807, 2.05) is 0 Å². The second kappa shape index (κ2) is 6.51. The van der Waals surface area contributed by atoms with Crippen molar-refractivity contribution in [1.82, 2.24) is 9.03 Å². The second-order valence-electron chi connectivity index (χ2n) is 5.05. The summed E-state index contributed by atoms with van der Waals surface area (Å²) in [6.45, 7) is -0.0339. The number of nitrogens with zero attached hydrogens (tertiary/aromatic N) is 2. The van der Waals surface area contributed by atoms with Crippen molar-refractivity contribution in [1.29, 1.82) is 0 Å². The fourth-order valence-corrected chi connectivity index (χ4v) is 3.46. The standard InChI is InChI=1S/C12H19N3O6S2/c1-14(2)23(18,19)13-6-7-15(22(3,16)17)10-4-5-11-12(8-10)21-9-20-11/h4-5,8,13H,6-7,9H2,1-3H3. The summed E-state index contributed by atoms with van der Waals surface area (Å²) in [6, 6.07) is 4.73. The fourth-order valence-electron chi connectivity index (χ4n) is 1.93. The van der Waals surface area contributed by atoms with Gasteiger partial charge in [-0.1, -0.05) is 0 Å². The van der Waals surface area contributed by atoms with Crippen LogP contribution in [-0.2, 0) is 20.2 Å². The van der Waals surface area contributed by atoms with Crippen molar-refractivity contribution in [3.8, 4) is 11.5 Å². The number of rotatable bonds is 7. The van der Waals surface area contributed by atoms with Crippen LogP contribution >= 0.6 is 0 Å². The maximum atomic E-state index is 12.0. The van der Waals surface area contributed by atoms with Crippen molar-refractivity contribution in [3.63, 3.8) is 0 Å². The quantitative estimate of drug-likeness (QED) is 0.703. The van der Waals surface area contributed by atoms with Gasteiger partial charge in [0.2, 0.25) is 16.8 Å². The molecule has 0 saturated heterocycles. The molecule has 0 fully saturated rings. The Morgan fingerprint density at radius 2 is 1.78 bits per heavy atom. The van der Waals surface area contributed by atoms with Gasteiger partial charge in [0.15, 0.2) is 11.5 Å². The number of hydrogen-bond donors (Lipinski definition) is 1. The van der Waals surface area contributed by atoms with Gasteiger partial charge in [-0.05, 0) is 12.1 Å². The molecule has 1 aliphatic rings. The molecule has 0 aromatic heterocycles. The summed E-state index contributed by atoms with van der Waals surface area (Å²) in [5.74, 6) is 0.987. The smallest absolute Gasteiger partial charge is 0.278 e. The lowest BCUT2D eigenvalue weighted by molar-refractivity contribution is 0.174. The molecule has 9 nitrogen and oxygen atoms in total. The SMILES string of the molecule is CN(C)S(=O)(=O)NCCN(c1ccc2c(c1)OCO2)S(C)(=O)=O. The molecule has 0 bridgehead atoms. The molecule has 1 heterocycles. The van der Waals surface area contributed by atoms with Crippen LogP contribution in [-0.4, -0.2) is 61.4 Å². The molecule has 130 valence electrons. The van der Waals surface area contributed by atoms with Crippen LogP contribution in [0.4, 0.5) is 5.69 Å². The summed E-state index contributed by atoms with van der Waals surface area (Å²) in [4.78, 5) is 0. The van der Waals surface area contributed by atoms with Crippen LogP contribution in [0.5, 0.6) is 11.5 Å². The molecule has 1 aromatic carbocycles. The maximum Gasteiger partial charge on any atom is 0.278 e. The first-order valence-electron chi connectivity index (χ1n) is 6.66. The average molecular weight is 365 g/mol. The van der Waals surface area contributed by atoms with Crippen molar-refractivity contribution in [2.75, 3.05) is 44.5 Å². The first-order chi connectivity index (χ1) is 10.6. The lowest BCUT2D eigenvalue weighted by Crippen LogP contribution is -2.42. The molecule has 0 saturated carbocycles. The zero-order valence-electron chi connectivity index (χ0n) is 13.0. The van der Waals surface area contributed by atoms with E-state index < -0.39 is 20.2 Å². The number of benzene rings is 1. The molecule has 1 aliphatic heterocycles. The van der Waals surface area contributed by atoms with E-state index in [0.29, 0.717) is 17.2 Å². The van der Waals surface area contributed by atoms with Crippen LogP contribution in [0.3, 0.4) is 0 Å². The summed E-state index contributed by atoms with van der Waals surface area (Å²) in [5.41, 5.74) is 0.376. The summed E-state index contributed by atoms with van der Waals surface area (Å²) in [7, 11) is -4.43. The number of nitrogens with one attached hydrogen (secondary N) is 1. The van der Waals surface area contributed by atoms with E-state index in [2.05, 4.69) is 4.72 Å². The molecule has 2 rings (SSSR count). The highest BCUT2D eigenvalue weighted by atomic mass is 32.2. The predicted molar refractivity (Wildman–Crippen MR) is 85.4 cm³/mol. The summed E-state index contributed by atoms with van der Waals surface area (Å²) < 4.78 is 62.1. The molecular formula is C12H19N3O6S2. The van der Waals surface area contributed by atoms with E-state index in [9.17, 15) is 16.8 Å². The van der Waals surface area contributed by atoms with Crippen molar-refractivity contribution >= 4 is 25.9 Å². The van der Waals surface area contributed by atoms with Crippen molar-refractivity contribution in [3.05, 3.63) is 18.2 Å². The molecule has 0 spiro atoms. The summed E-state index contributed by atoms with van der Waals surface area (Å²) in [6.07, 6.45) is 1.05. The Balaban J connectivity index is 2.16. The van der Waals surface area contributed by atoms with Crippen molar-refractivity contribution < 1.29 is 26.3 Å². The minimum absolute atomic E-state index is 0.0501.